The minimum absolute atomic E-state index is 0.155. The molecule has 8 heteroatoms. The van der Waals surface area contributed by atoms with Crippen molar-refractivity contribution in [1.29, 1.82) is 0 Å². The summed E-state index contributed by atoms with van der Waals surface area (Å²) < 4.78 is 37.5. The lowest BCUT2D eigenvalue weighted by molar-refractivity contribution is -0.120. The van der Waals surface area contributed by atoms with Crippen LogP contribution in [0.2, 0.25) is 0 Å². The molecule has 0 bridgehead atoms. The van der Waals surface area contributed by atoms with E-state index >= 15 is 0 Å². The largest absolute Gasteiger partial charge is 0.497 e. The number of methoxy groups -OCH3 is 2. The van der Waals surface area contributed by atoms with Gasteiger partial charge >= 0.3 is 0 Å². The van der Waals surface area contributed by atoms with E-state index in [-0.39, 0.29) is 12.3 Å². The van der Waals surface area contributed by atoms with E-state index in [0.29, 0.717) is 36.0 Å². The Morgan fingerprint density at radius 2 is 1.70 bits per heavy atom. The number of carbonyl (C=O) groups excluding carboxylic acids is 1. The lowest BCUT2D eigenvalue weighted by Crippen LogP contribution is -2.35. The Kier molecular flexibility index (Phi) is 7.33. The molecule has 162 valence electrons. The first kappa shape index (κ1) is 22.1. The zero-order valence-electron chi connectivity index (χ0n) is 17.4. The van der Waals surface area contributed by atoms with E-state index in [1.54, 1.807) is 61.0 Å². The molecule has 2 aromatic carbocycles. The smallest absolute Gasteiger partial charge is 0.243 e. The van der Waals surface area contributed by atoms with Crippen LogP contribution in [0.5, 0.6) is 11.5 Å². The van der Waals surface area contributed by atoms with Gasteiger partial charge in [-0.3, -0.25) is 4.79 Å². The molecular weight excluding hydrogens is 404 g/mol. The second-order valence-electron chi connectivity index (χ2n) is 7.24. The highest BCUT2D eigenvalue weighted by Crippen LogP contribution is 2.24. The Labute approximate surface area is 178 Å². The van der Waals surface area contributed by atoms with Gasteiger partial charge in [-0.05, 0) is 48.7 Å². The van der Waals surface area contributed by atoms with Crippen LogP contribution in [0.15, 0.2) is 47.4 Å². The van der Waals surface area contributed by atoms with E-state index in [9.17, 15) is 13.2 Å². The predicted octanol–water partition coefficient (Wildman–Crippen LogP) is 2.74. The SMILES string of the molecule is COc1ccc(OC)c(CC(=O)NCc2ccc(S(=O)(=O)N3CCCCC3)cc2)c1. The third-order valence-electron chi connectivity index (χ3n) is 5.20. The van der Waals surface area contributed by atoms with Gasteiger partial charge in [0.2, 0.25) is 15.9 Å². The van der Waals surface area contributed by atoms with Gasteiger partial charge in [-0.25, -0.2) is 8.42 Å². The van der Waals surface area contributed by atoms with Crippen LogP contribution in [0.1, 0.15) is 30.4 Å². The number of nitrogens with one attached hydrogen (secondary N) is 1. The summed E-state index contributed by atoms with van der Waals surface area (Å²) in [4.78, 5) is 12.7. The molecule has 0 aromatic heterocycles. The first-order valence-corrected chi connectivity index (χ1v) is 11.4. The first-order chi connectivity index (χ1) is 14.4. The Hall–Kier alpha value is -2.58. The summed E-state index contributed by atoms with van der Waals surface area (Å²) in [6.45, 7) is 1.47. The van der Waals surface area contributed by atoms with Gasteiger partial charge in [0.1, 0.15) is 11.5 Å². The Morgan fingerprint density at radius 1 is 1.00 bits per heavy atom. The summed E-state index contributed by atoms with van der Waals surface area (Å²) >= 11 is 0. The summed E-state index contributed by atoms with van der Waals surface area (Å²) in [7, 11) is -0.316. The highest BCUT2D eigenvalue weighted by Gasteiger charge is 2.25. The van der Waals surface area contributed by atoms with Crippen molar-refractivity contribution in [3.05, 3.63) is 53.6 Å². The molecule has 1 aliphatic rings. The number of benzene rings is 2. The number of carbonyl (C=O) groups is 1. The van der Waals surface area contributed by atoms with E-state index in [2.05, 4.69) is 5.32 Å². The van der Waals surface area contributed by atoms with Crippen LogP contribution in [0.3, 0.4) is 0 Å². The summed E-state index contributed by atoms with van der Waals surface area (Å²) in [6.07, 6.45) is 3.04. The third kappa shape index (κ3) is 5.31. The molecule has 1 heterocycles. The number of rotatable bonds is 8. The van der Waals surface area contributed by atoms with Gasteiger partial charge in [0, 0.05) is 25.2 Å². The van der Waals surface area contributed by atoms with Crippen molar-refractivity contribution >= 4 is 15.9 Å². The van der Waals surface area contributed by atoms with Gasteiger partial charge in [0.05, 0.1) is 25.5 Å². The lowest BCUT2D eigenvalue weighted by Gasteiger charge is -2.25. The minimum Gasteiger partial charge on any atom is -0.497 e. The van der Waals surface area contributed by atoms with Crippen molar-refractivity contribution < 1.29 is 22.7 Å². The van der Waals surface area contributed by atoms with Gasteiger partial charge in [0.25, 0.3) is 0 Å². The molecule has 0 saturated carbocycles. The van der Waals surface area contributed by atoms with Crippen molar-refractivity contribution in [1.82, 2.24) is 9.62 Å². The number of hydrogen-bond donors (Lipinski definition) is 1. The van der Waals surface area contributed by atoms with Gasteiger partial charge in [-0.1, -0.05) is 18.6 Å². The Bertz CT molecular complexity index is 968. The van der Waals surface area contributed by atoms with Crippen molar-refractivity contribution in [2.75, 3.05) is 27.3 Å². The molecule has 1 N–H and O–H groups in total. The van der Waals surface area contributed by atoms with Gasteiger partial charge in [-0.2, -0.15) is 4.31 Å². The maximum atomic E-state index is 12.7. The molecule has 0 unspecified atom stereocenters. The van der Waals surface area contributed by atoms with E-state index in [1.165, 1.54) is 0 Å². The van der Waals surface area contributed by atoms with Crippen molar-refractivity contribution in [2.45, 2.75) is 37.1 Å². The molecular formula is C22H28N2O5S. The number of ether oxygens (including phenoxy) is 2. The Balaban J connectivity index is 1.59. The molecule has 0 spiro atoms. The van der Waals surface area contributed by atoms with Crippen molar-refractivity contribution in [2.24, 2.45) is 0 Å². The molecule has 7 nitrogen and oxygen atoms in total. The molecule has 0 aliphatic carbocycles. The topological polar surface area (TPSA) is 84.9 Å². The van der Waals surface area contributed by atoms with Crippen molar-refractivity contribution in [3.63, 3.8) is 0 Å². The van der Waals surface area contributed by atoms with Gasteiger partial charge < -0.3 is 14.8 Å². The zero-order valence-corrected chi connectivity index (χ0v) is 18.2. The average Bonchev–Trinajstić information content (AvgIpc) is 2.78. The fourth-order valence-corrected chi connectivity index (χ4v) is 5.01. The summed E-state index contributed by atoms with van der Waals surface area (Å²) in [5.41, 5.74) is 1.57. The first-order valence-electron chi connectivity index (χ1n) is 10.0. The molecule has 0 atom stereocenters. The molecule has 2 aromatic rings. The highest BCUT2D eigenvalue weighted by atomic mass is 32.2. The van der Waals surface area contributed by atoms with Crippen LogP contribution in [-0.2, 0) is 27.8 Å². The predicted molar refractivity (Wildman–Crippen MR) is 114 cm³/mol. The quantitative estimate of drug-likeness (QED) is 0.693. The Morgan fingerprint density at radius 3 is 2.33 bits per heavy atom. The minimum atomic E-state index is -3.44. The van der Waals surface area contributed by atoms with Crippen LogP contribution in [0.4, 0.5) is 0 Å². The van der Waals surface area contributed by atoms with Gasteiger partial charge in [0.15, 0.2) is 0 Å². The standard InChI is InChI=1S/C22H28N2O5S/c1-28-19-8-11-21(29-2)18(14-19)15-22(25)23-16-17-6-9-20(10-7-17)30(26,27)24-12-4-3-5-13-24/h6-11,14H,3-5,12-13,15-16H2,1-2H3,(H,23,25). The summed E-state index contributed by atoms with van der Waals surface area (Å²) in [6, 6.07) is 12.0. The molecule has 0 radical (unpaired) electrons. The molecule has 1 aliphatic heterocycles. The van der Waals surface area contributed by atoms with Crippen LogP contribution in [-0.4, -0.2) is 45.9 Å². The molecule has 30 heavy (non-hydrogen) atoms. The third-order valence-corrected chi connectivity index (χ3v) is 7.12. The van der Waals surface area contributed by atoms with Crippen molar-refractivity contribution in [3.8, 4) is 11.5 Å². The number of sulfonamides is 1. The normalized spacial score (nSPS) is 14.9. The second-order valence-corrected chi connectivity index (χ2v) is 9.18. The van der Waals surface area contributed by atoms with Crippen LogP contribution in [0, 0.1) is 0 Å². The van der Waals surface area contributed by atoms with E-state index < -0.39 is 10.0 Å². The van der Waals surface area contributed by atoms with Crippen LogP contribution >= 0.6 is 0 Å². The lowest BCUT2D eigenvalue weighted by atomic mass is 10.1. The number of nitrogens with zero attached hydrogens (tertiary/aromatic N) is 1. The van der Waals surface area contributed by atoms with E-state index in [1.807, 2.05) is 0 Å². The fraction of sp³-hybridized carbons (Fsp3) is 0.409. The number of hydrogen-bond acceptors (Lipinski definition) is 5. The van der Waals surface area contributed by atoms with Crippen LogP contribution in [0.25, 0.3) is 0 Å². The van der Waals surface area contributed by atoms with Gasteiger partial charge in [-0.15, -0.1) is 0 Å². The maximum absolute atomic E-state index is 12.7. The molecule has 3 rings (SSSR count). The molecule has 1 fully saturated rings. The summed E-state index contributed by atoms with van der Waals surface area (Å²) in [5, 5.41) is 2.86. The second kappa shape index (κ2) is 9.95. The number of piperidine rings is 1. The van der Waals surface area contributed by atoms with E-state index in [4.69, 9.17) is 9.47 Å². The summed E-state index contributed by atoms with van der Waals surface area (Å²) in [5.74, 6) is 1.12. The zero-order chi connectivity index (χ0) is 21.6. The molecule has 1 saturated heterocycles. The van der Waals surface area contributed by atoms with E-state index in [0.717, 1.165) is 30.4 Å². The fourth-order valence-electron chi connectivity index (χ4n) is 3.49. The average molecular weight is 433 g/mol. The highest BCUT2D eigenvalue weighted by molar-refractivity contribution is 7.89. The molecule has 1 amide bonds. The number of amides is 1. The maximum Gasteiger partial charge on any atom is 0.243 e. The van der Waals surface area contributed by atoms with Crippen LogP contribution < -0.4 is 14.8 Å². The monoisotopic (exact) mass is 432 g/mol.